The first kappa shape index (κ1) is 22.0. The van der Waals surface area contributed by atoms with Gasteiger partial charge in [0.25, 0.3) is 5.91 Å². The Labute approximate surface area is 167 Å². The van der Waals surface area contributed by atoms with E-state index in [1.165, 1.54) is 6.07 Å². The fraction of sp³-hybridized carbons (Fsp3) is 0.500. The second-order valence-corrected chi connectivity index (χ2v) is 9.56. The summed E-state index contributed by atoms with van der Waals surface area (Å²) in [6, 6.07) is 3.45. The van der Waals surface area contributed by atoms with Gasteiger partial charge in [0, 0.05) is 0 Å². The number of fused-ring (bicyclic) bond motifs is 1. The van der Waals surface area contributed by atoms with Gasteiger partial charge >= 0.3 is 6.09 Å². The van der Waals surface area contributed by atoms with Crippen molar-refractivity contribution in [3.05, 3.63) is 18.2 Å². The predicted octanol–water partition coefficient (Wildman–Crippen LogP) is 1.55. The number of aromatic nitrogens is 2. The number of nitrogens with zero attached hydrogens (tertiary/aromatic N) is 2. The van der Waals surface area contributed by atoms with Crippen molar-refractivity contribution in [1.82, 2.24) is 24.3 Å². The molecule has 28 heavy (non-hydrogen) atoms. The Morgan fingerprint density at radius 2 is 1.82 bits per heavy atom. The molecular weight excluding hydrogens is 406 g/mol. The second-order valence-electron chi connectivity index (χ2n) is 7.35. The van der Waals surface area contributed by atoms with E-state index in [1.807, 2.05) is 0 Å². The van der Waals surface area contributed by atoms with Gasteiger partial charge in [-0.05, 0) is 38.8 Å². The summed E-state index contributed by atoms with van der Waals surface area (Å²) in [5.41, 5.74) is 4.22. The number of nitrogens with one attached hydrogen (secondary N) is 3. The molecule has 0 unspecified atom stereocenters. The number of hydrogen-bond acceptors (Lipinski definition) is 8. The van der Waals surface area contributed by atoms with Gasteiger partial charge in [-0.15, -0.1) is 0 Å². The molecule has 0 radical (unpaired) electrons. The topological polar surface area (TPSA) is 139 Å². The summed E-state index contributed by atoms with van der Waals surface area (Å²) in [5.74, 6) is -1.13. The molecule has 0 saturated carbocycles. The zero-order valence-corrected chi connectivity index (χ0v) is 17.8. The average molecular weight is 430 g/mol. The Bertz CT molecular complexity index is 965. The molecule has 10 nitrogen and oxygen atoms in total. The van der Waals surface area contributed by atoms with E-state index in [2.05, 4.69) is 24.3 Å². The van der Waals surface area contributed by atoms with Crippen molar-refractivity contribution in [1.29, 1.82) is 0 Å². The first-order chi connectivity index (χ1) is 12.9. The van der Waals surface area contributed by atoms with Crippen LogP contribution >= 0.6 is 11.7 Å². The van der Waals surface area contributed by atoms with Crippen LogP contribution < -0.4 is 15.6 Å². The highest BCUT2D eigenvalue weighted by atomic mass is 32.2. The van der Waals surface area contributed by atoms with Crippen LogP contribution in [-0.2, 0) is 19.6 Å². The van der Waals surface area contributed by atoms with Gasteiger partial charge < -0.3 is 4.74 Å². The molecule has 1 aromatic heterocycles. The molecule has 1 atom stereocenters. The summed E-state index contributed by atoms with van der Waals surface area (Å²) >= 11 is 0.897. The molecule has 0 bridgehead atoms. The molecule has 2 rings (SSSR count). The monoisotopic (exact) mass is 429 g/mol. The van der Waals surface area contributed by atoms with Crippen molar-refractivity contribution in [3.63, 3.8) is 0 Å². The molecule has 154 valence electrons. The number of ether oxygens (including phenoxy) is 1. The van der Waals surface area contributed by atoms with E-state index in [-0.39, 0.29) is 10.4 Å². The van der Waals surface area contributed by atoms with Gasteiger partial charge in [-0.1, -0.05) is 19.9 Å². The Kier molecular flexibility index (Phi) is 6.57. The Balaban J connectivity index is 2.14. The third-order valence-electron chi connectivity index (χ3n) is 3.46. The number of hydrogen-bond donors (Lipinski definition) is 3. The number of benzene rings is 1. The molecule has 0 aliphatic heterocycles. The summed E-state index contributed by atoms with van der Waals surface area (Å²) in [7, 11) is -4.06. The highest BCUT2D eigenvalue weighted by Gasteiger charge is 2.30. The lowest BCUT2D eigenvalue weighted by molar-refractivity contribution is -0.124. The lowest BCUT2D eigenvalue weighted by Crippen LogP contribution is -2.54. The van der Waals surface area contributed by atoms with E-state index in [4.69, 9.17) is 4.74 Å². The van der Waals surface area contributed by atoms with E-state index in [1.54, 1.807) is 46.8 Å². The highest BCUT2D eigenvalue weighted by molar-refractivity contribution is 7.89. The van der Waals surface area contributed by atoms with Gasteiger partial charge in [-0.3, -0.25) is 10.2 Å². The number of hydrazine groups is 1. The minimum Gasteiger partial charge on any atom is -0.443 e. The molecule has 2 amide bonds. The van der Waals surface area contributed by atoms with Crippen LogP contribution in [0.2, 0.25) is 0 Å². The van der Waals surface area contributed by atoms with Crippen LogP contribution in [0, 0.1) is 5.92 Å². The molecule has 2 aromatic rings. The minimum atomic E-state index is -4.06. The maximum absolute atomic E-state index is 12.8. The van der Waals surface area contributed by atoms with E-state index in [9.17, 15) is 18.0 Å². The first-order valence-electron chi connectivity index (χ1n) is 8.43. The molecule has 3 N–H and O–H groups in total. The Morgan fingerprint density at radius 1 is 1.14 bits per heavy atom. The van der Waals surface area contributed by atoms with Crippen LogP contribution in [0.1, 0.15) is 34.6 Å². The smallest absolute Gasteiger partial charge is 0.426 e. The number of rotatable bonds is 5. The van der Waals surface area contributed by atoms with Crippen molar-refractivity contribution in [2.45, 2.75) is 51.2 Å². The number of amides is 2. The van der Waals surface area contributed by atoms with E-state index >= 15 is 0 Å². The van der Waals surface area contributed by atoms with Gasteiger partial charge in [0.2, 0.25) is 10.0 Å². The van der Waals surface area contributed by atoms with Crippen LogP contribution in [-0.4, -0.2) is 40.8 Å². The maximum atomic E-state index is 12.8. The Morgan fingerprint density at radius 3 is 2.43 bits per heavy atom. The van der Waals surface area contributed by atoms with Crippen molar-refractivity contribution in [2.24, 2.45) is 5.92 Å². The van der Waals surface area contributed by atoms with Crippen LogP contribution in [0.3, 0.4) is 0 Å². The summed E-state index contributed by atoms with van der Waals surface area (Å²) < 4.78 is 41.1. The van der Waals surface area contributed by atoms with E-state index < -0.39 is 39.6 Å². The molecule has 0 saturated heterocycles. The molecule has 12 heteroatoms. The Hall–Kier alpha value is -2.31. The zero-order chi connectivity index (χ0) is 21.1. The van der Waals surface area contributed by atoms with Crippen molar-refractivity contribution in [3.8, 4) is 0 Å². The molecule has 1 aromatic carbocycles. The van der Waals surface area contributed by atoms with Crippen LogP contribution in [0.5, 0.6) is 0 Å². The van der Waals surface area contributed by atoms with Crippen molar-refractivity contribution in [2.75, 3.05) is 0 Å². The van der Waals surface area contributed by atoms with Crippen LogP contribution in [0.4, 0.5) is 4.79 Å². The van der Waals surface area contributed by atoms with Crippen molar-refractivity contribution < 1.29 is 22.7 Å². The third kappa shape index (κ3) is 5.59. The van der Waals surface area contributed by atoms with Gasteiger partial charge in [0.15, 0.2) is 0 Å². The van der Waals surface area contributed by atoms with Crippen molar-refractivity contribution >= 4 is 44.8 Å². The van der Waals surface area contributed by atoms with E-state index in [0.717, 1.165) is 11.7 Å². The number of carbonyl (C=O) groups excluding carboxylic acids is 2. The fourth-order valence-electron chi connectivity index (χ4n) is 2.22. The lowest BCUT2D eigenvalue weighted by Gasteiger charge is -2.23. The largest absolute Gasteiger partial charge is 0.443 e. The molecule has 0 spiro atoms. The molecule has 0 aliphatic rings. The quantitative estimate of drug-likeness (QED) is 0.613. The summed E-state index contributed by atoms with van der Waals surface area (Å²) in [6.45, 7) is 8.37. The fourth-order valence-corrected chi connectivity index (χ4v) is 4.33. The SMILES string of the molecule is CC(C)[C@@H](NS(=O)(=O)c1cccc2nsnc12)C(=O)NNC(=O)OC(C)(C)C. The second kappa shape index (κ2) is 8.37. The van der Waals surface area contributed by atoms with Gasteiger partial charge in [-0.25, -0.2) is 18.6 Å². The summed E-state index contributed by atoms with van der Waals surface area (Å²) in [4.78, 5) is 24.0. The van der Waals surface area contributed by atoms with Gasteiger partial charge in [0.1, 0.15) is 27.6 Å². The summed E-state index contributed by atoms with van der Waals surface area (Å²) in [5, 5.41) is 0. The molecular formula is C16H23N5O5S2. The zero-order valence-electron chi connectivity index (χ0n) is 16.1. The number of sulfonamides is 1. The minimum absolute atomic E-state index is 0.0719. The highest BCUT2D eigenvalue weighted by Crippen LogP contribution is 2.21. The lowest BCUT2D eigenvalue weighted by atomic mass is 10.1. The van der Waals surface area contributed by atoms with Gasteiger partial charge in [0.05, 0.1) is 11.7 Å². The standard InChI is InChI=1S/C16H23N5O5S2/c1-9(2)12(14(22)17-18-15(23)26-16(3,4)5)21-28(24,25)11-8-6-7-10-13(11)20-27-19-10/h6-9,12,21H,1-5H3,(H,17,22)(H,18,23)/t12-/m1/s1. The van der Waals surface area contributed by atoms with Crippen LogP contribution in [0.25, 0.3) is 11.0 Å². The van der Waals surface area contributed by atoms with Crippen LogP contribution in [0.15, 0.2) is 23.1 Å². The molecule has 0 fully saturated rings. The number of carbonyl (C=O) groups is 2. The maximum Gasteiger partial charge on any atom is 0.426 e. The van der Waals surface area contributed by atoms with E-state index in [0.29, 0.717) is 5.52 Å². The van der Waals surface area contributed by atoms with Gasteiger partial charge in [-0.2, -0.15) is 13.5 Å². The average Bonchev–Trinajstić information content (AvgIpc) is 3.04. The molecule has 1 heterocycles. The third-order valence-corrected chi connectivity index (χ3v) is 5.47. The summed E-state index contributed by atoms with van der Waals surface area (Å²) in [6.07, 6.45) is -0.857. The predicted molar refractivity (Wildman–Crippen MR) is 104 cm³/mol. The first-order valence-corrected chi connectivity index (χ1v) is 10.6. The normalized spacial score (nSPS) is 13.4. The molecule has 0 aliphatic carbocycles.